The molecule has 1 rings (SSSR count). The van der Waals surface area contributed by atoms with Crippen LogP contribution in [-0.4, -0.2) is 59.3 Å². The molecule has 128 valence electrons. The number of nitrogens with zero attached hydrogens (tertiary/aromatic N) is 1. The number of hydrogen-bond acceptors (Lipinski definition) is 5. The molecule has 4 atom stereocenters. The molecule has 4 unspecified atom stereocenters. The molecule has 1 fully saturated rings. The van der Waals surface area contributed by atoms with Gasteiger partial charge in [0.15, 0.2) is 8.32 Å². The number of hydrogen-bond donors (Lipinski definition) is 2. The lowest BCUT2D eigenvalue weighted by Gasteiger charge is -2.51. The third kappa shape index (κ3) is 3.50. The van der Waals surface area contributed by atoms with Gasteiger partial charge in [0.25, 0.3) is 0 Å². The number of likely N-dealkylation sites (tertiary alicyclic amines) is 1. The van der Waals surface area contributed by atoms with Gasteiger partial charge in [0.2, 0.25) is 12.1 Å². The third-order valence-electron chi connectivity index (χ3n) is 4.64. The van der Waals surface area contributed by atoms with Crippen LogP contribution < -0.4 is 0 Å². The van der Waals surface area contributed by atoms with E-state index in [-0.39, 0.29) is 22.4 Å². The summed E-state index contributed by atoms with van der Waals surface area (Å²) in [4.78, 5) is 24.2. The molecular weight excluding hydrogens is 322 g/mol. The van der Waals surface area contributed by atoms with Crippen molar-refractivity contribution < 1.29 is 24.2 Å². The van der Waals surface area contributed by atoms with Crippen LogP contribution in [0.15, 0.2) is 0 Å². The summed E-state index contributed by atoms with van der Waals surface area (Å²) in [6.45, 7) is 12.5. The monoisotopic (exact) mass is 349 g/mol. The summed E-state index contributed by atoms with van der Waals surface area (Å²) in [6, 6.07) is 0. The summed E-state index contributed by atoms with van der Waals surface area (Å²) < 4.78 is 6.25. The van der Waals surface area contributed by atoms with Gasteiger partial charge < -0.3 is 14.6 Å². The molecule has 1 amide bonds. The number of carbonyl (C=O) groups excluding carboxylic acids is 1. The van der Waals surface area contributed by atoms with Crippen molar-refractivity contribution in [2.24, 2.45) is 5.92 Å². The van der Waals surface area contributed by atoms with Crippen molar-refractivity contribution in [2.75, 3.05) is 6.26 Å². The van der Waals surface area contributed by atoms with Crippen LogP contribution in [0.4, 0.5) is 0 Å². The Kier molecular flexibility index (Phi) is 5.76. The van der Waals surface area contributed by atoms with Crippen molar-refractivity contribution in [3.8, 4) is 0 Å². The lowest BCUT2D eigenvalue weighted by Crippen LogP contribution is -2.68. The fourth-order valence-electron chi connectivity index (χ4n) is 2.30. The molecule has 0 aliphatic carbocycles. The average Bonchev–Trinajstić information content (AvgIpc) is 2.33. The van der Waals surface area contributed by atoms with Crippen molar-refractivity contribution in [2.45, 2.75) is 63.5 Å². The van der Waals surface area contributed by atoms with Crippen molar-refractivity contribution in [1.29, 1.82) is 0 Å². The first-order valence-corrected chi connectivity index (χ1v) is 11.5. The highest BCUT2D eigenvalue weighted by Gasteiger charge is 2.55. The van der Waals surface area contributed by atoms with Gasteiger partial charge in [-0.05, 0) is 31.3 Å². The number of β-lactam (4-membered cyclic amide) rings is 1. The minimum absolute atomic E-state index is 0.0309. The van der Waals surface area contributed by atoms with Crippen LogP contribution >= 0.6 is 11.8 Å². The zero-order chi connectivity index (χ0) is 17.5. The van der Waals surface area contributed by atoms with Crippen LogP contribution in [0.5, 0.6) is 0 Å². The number of thioether (sulfide) groups is 1. The number of carbonyl (C=O) groups is 2. The van der Waals surface area contributed by atoms with Gasteiger partial charge in [-0.2, -0.15) is 0 Å². The number of aliphatic carboxylic acids is 1. The minimum Gasteiger partial charge on any atom is -0.478 e. The third-order valence-corrected chi connectivity index (χ3v) is 10.2. The molecule has 0 saturated carbocycles. The van der Waals surface area contributed by atoms with Crippen molar-refractivity contribution >= 4 is 32.0 Å². The predicted molar refractivity (Wildman–Crippen MR) is 89.0 cm³/mol. The maximum Gasteiger partial charge on any atom is 0.354 e. The van der Waals surface area contributed by atoms with Crippen LogP contribution in [0.2, 0.25) is 18.1 Å². The number of amides is 1. The number of aliphatic hydroxyl groups excluding tert-OH is 1. The Labute approximate surface area is 137 Å². The van der Waals surface area contributed by atoms with Crippen LogP contribution in [0, 0.1) is 5.92 Å². The molecule has 0 aromatic carbocycles. The van der Waals surface area contributed by atoms with E-state index in [0.717, 1.165) is 4.90 Å². The Bertz CT molecular complexity index is 451. The second-order valence-corrected chi connectivity index (χ2v) is 12.9. The van der Waals surface area contributed by atoms with Crippen LogP contribution in [0.3, 0.4) is 0 Å². The first-order chi connectivity index (χ1) is 9.85. The summed E-state index contributed by atoms with van der Waals surface area (Å²) in [7, 11) is -2.01. The summed E-state index contributed by atoms with van der Waals surface area (Å²) >= 11 is 1.36. The Morgan fingerprint density at radius 2 is 1.91 bits per heavy atom. The molecule has 0 aromatic rings. The molecule has 8 heteroatoms. The number of carboxylic acids is 1. The molecule has 1 saturated heterocycles. The Morgan fingerprint density at radius 1 is 1.41 bits per heavy atom. The van der Waals surface area contributed by atoms with E-state index in [1.165, 1.54) is 11.8 Å². The Morgan fingerprint density at radius 3 is 2.27 bits per heavy atom. The maximum absolute atomic E-state index is 12.3. The molecule has 1 heterocycles. The highest BCUT2D eigenvalue weighted by atomic mass is 32.2. The number of rotatable bonds is 6. The molecule has 1 aliphatic rings. The quantitative estimate of drug-likeness (QED) is 0.563. The SMILES string of the molecule is CSC1C(C(C)O[Si](C)(C)C(C)(C)C)C(=O)N1C(O)C(=O)O. The Hall–Kier alpha value is -0.573. The van der Waals surface area contributed by atoms with Gasteiger partial charge in [-0.25, -0.2) is 4.79 Å². The highest BCUT2D eigenvalue weighted by molar-refractivity contribution is 7.99. The molecular formula is C14H27NO5SSi. The van der Waals surface area contributed by atoms with Crippen LogP contribution in [0.1, 0.15) is 27.7 Å². The summed E-state index contributed by atoms with van der Waals surface area (Å²) in [6.07, 6.45) is -0.297. The number of aliphatic hydroxyl groups is 1. The first kappa shape index (κ1) is 19.5. The predicted octanol–water partition coefficient (Wildman–Crippen LogP) is 1.95. The average molecular weight is 350 g/mol. The largest absolute Gasteiger partial charge is 0.478 e. The molecule has 22 heavy (non-hydrogen) atoms. The van der Waals surface area contributed by atoms with Crippen molar-refractivity contribution in [1.82, 2.24) is 4.90 Å². The molecule has 2 N–H and O–H groups in total. The maximum atomic E-state index is 12.3. The standard InChI is InChI=1S/C14H27NO5SSi/c1-8(20-22(6,7)14(2,3)4)9-10(16)15(12(9)21-5)11(17)13(18)19/h8-9,11-12,17H,1-7H3,(H,18,19). The molecule has 6 nitrogen and oxygen atoms in total. The molecule has 0 radical (unpaired) electrons. The Balaban J connectivity index is 2.86. The lowest BCUT2D eigenvalue weighted by atomic mass is 9.92. The van der Waals surface area contributed by atoms with Gasteiger partial charge in [-0.3, -0.25) is 9.69 Å². The van der Waals surface area contributed by atoms with Crippen LogP contribution in [-0.2, 0) is 14.0 Å². The smallest absolute Gasteiger partial charge is 0.354 e. The molecule has 1 aliphatic heterocycles. The van der Waals surface area contributed by atoms with E-state index in [0.29, 0.717) is 0 Å². The van der Waals surface area contributed by atoms with E-state index in [4.69, 9.17) is 9.53 Å². The van der Waals surface area contributed by atoms with E-state index >= 15 is 0 Å². The summed E-state index contributed by atoms with van der Waals surface area (Å²) in [5.41, 5.74) is 0. The number of carboxylic acid groups (broad SMARTS) is 1. The fourth-order valence-corrected chi connectivity index (χ4v) is 4.80. The van der Waals surface area contributed by atoms with Gasteiger partial charge in [-0.1, -0.05) is 20.8 Å². The van der Waals surface area contributed by atoms with E-state index in [1.54, 1.807) is 6.26 Å². The van der Waals surface area contributed by atoms with E-state index in [9.17, 15) is 14.7 Å². The zero-order valence-corrected chi connectivity index (χ0v) is 16.1. The van der Waals surface area contributed by atoms with E-state index in [1.807, 2.05) is 6.92 Å². The summed E-state index contributed by atoms with van der Waals surface area (Å²) in [5, 5.41) is 18.2. The van der Waals surface area contributed by atoms with Gasteiger partial charge in [0.1, 0.15) is 0 Å². The second kappa shape index (κ2) is 6.50. The van der Waals surface area contributed by atoms with Gasteiger partial charge in [0.05, 0.1) is 17.4 Å². The van der Waals surface area contributed by atoms with E-state index < -0.39 is 26.4 Å². The van der Waals surface area contributed by atoms with Crippen LogP contribution in [0.25, 0.3) is 0 Å². The lowest BCUT2D eigenvalue weighted by molar-refractivity contribution is -0.185. The van der Waals surface area contributed by atoms with Crippen molar-refractivity contribution in [3.05, 3.63) is 0 Å². The molecule has 0 bridgehead atoms. The topological polar surface area (TPSA) is 87.1 Å². The second-order valence-electron chi connectivity index (χ2n) is 7.19. The zero-order valence-electron chi connectivity index (χ0n) is 14.3. The van der Waals surface area contributed by atoms with E-state index in [2.05, 4.69) is 33.9 Å². The minimum atomic E-state index is -2.01. The van der Waals surface area contributed by atoms with Crippen molar-refractivity contribution in [3.63, 3.8) is 0 Å². The molecule has 0 spiro atoms. The van der Waals surface area contributed by atoms with Gasteiger partial charge in [-0.15, -0.1) is 11.8 Å². The highest BCUT2D eigenvalue weighted by Crippen LogP contribution is 2.42. The first-order valence-electron chi connectivity index (χ1n) is 7.29. The normalized spacial score (nSPS) is 25.6. The van der Waals surface area contributed by atoms with Gasteiger partial charge in [0, 0.05) is 0 Å². The molecule has 0 aromatic heterocycles. The summed E-state index contributed by atoms with van der Waals surface area (Å²) in [5.74, 6) is -2.19. The fraction of sp³-hybridized carbons (Fsp3) is 0.857. The van der Waals surface area contributed by atoms with Gasteiger partial charge >= 0.3 is 5.97 Å².